The fraction of sp³-hybridized carbons (Fsp3) is 0.611. The molecule has 0 aliphatic heterocycles. The number of hydrogen-bond acceptors (Lipinski definition) is 2. The first kappa shape index (κ1) is 19.7. The van der Waals surface area contributed by atoms with Gasteiger partial charge >= 0.3 is 5.97 Å². The lowest BCUT2D eigenvalue weighted by molar-refractivity contribution is -0.137. The van der Waals surface area contributed by atoms with Crippen molar-refractivity contribution in [3.8, 4) is 0 Å². The Balaban J connectivity index is 3.41. The second-order valence-electron chi connectivity index (χ2n) is 5.20. The van der Waals surface area contributed by atoms with E-state index < -0.39 is 12.1 Å². The minimum atomic E-state index is -0.698. The standard InChI is InChI=1S/C18H30O3/c1-2-3-4-11-14-17(19)15-12-9-7-5-6-8-10-13-16-18(20)21/h3-4,9,11-12,14,17,19H,2,5-8,10,13,15-16H2,1H3,(H,20,21)/b4-3-,12-9-,14-11+. The number of carboxylic acid groups (broad SMARTS) is 1. The van der Waals surface area contributed by atoms with Gasteiger partial charge in [-0.25, -0.2) is 0 Å². The minimum Gasteiger partial charge on any atom is -0.481 e. The SMILES string of the molecule is CC/C=C\C=C\C(O)C/C=C\CCCCCCCC(=O)O. The molecule has 0 spiro atoms. The number of unbranched alkanes of at least 4 members (excludes halogenated alkanes) is 5. The van der Waals surface area contributed by atoms with Crippen molar-refractivity contribution in [3.05, 3.63) is 36.5 Å². The van der Waals surface area contributed by atoms with Crippen LogP contribution in [0.4, 0.5) is 0 Å². The Morgan fingerprint density at radius 1 is 1.00 bits per heavy atom. The topological polar surface area (TPSA) is 57.5 Å². The van der Waals surface area contributed by atoms with Crippen LogP contribution in [0, 0.1) is 0 Å². The Morgan fingerprint density at radius 2 is 1.71 bits per heavy atom. The normalized spacial score (nSPS) is 13.6. The van der Waals surface area contributed by atoms with Crippen molar-refractivity contribution >= 4 is 5.97 Å². The molecular formula is C18H30O3. The maximum absolute atomic E-state index is 10.3. The molecule has 1 unspecified atom stereocenters. The van der Waals surface area contributed by atoms with E-state index in [4.69, 9.17) is 5.11 Å². The largest absolute Gasteiger partial charge is 0.481 e. The van der Waals surface area contributed by atoms with Crippen LogP contribution in [0.3, 0.4) is 0 Å². The average molecular weight is 294 g/mol. The summed E-state index contributed by atoms with van der Waals surface area (Å²) in [6.07, 6.45) is 19.6. The Hall–Kier alpha value is -1.35. The third-order valence-corrected chi connectivity index (χ3v) is 3.12. The van der Waals surface area contributed by atoms with Gasteiger partial charge in [0.2, 0.25) is 0 Å². The molecule has 2 N–H and O–H groups in total. The van der Waals surface area contributed by atoms with Crippen LogP contribution in [0.25, 0.3) is 0 Å². The van der Waals surface area contributed by atoms with Gasteiger partial charge in [-0.2, -0.15) is 0 Å². The zero-order chi connectivity index (χ0) is 15.8. The summed E-state index contributed by atoms with van der Waals surface area (Å²) in [5, 5.41) is 18.2. The smallest absolute Gasteiger partial charge is 0.303 e. The Bertz CT molecular complexity index is 329. The van der Waals surface area contributed by atoms with Crippen LogP contribution in [0.5, 0.6) is 0 Å². The van der Waals surface area contributed by atoms with E-state index in [2.05, 4.69) is 19.1 Å². The first-order valence-corrected chi connectivity index (χ1v) is 8.05. The summed E-state index contributed by atoms with van der Waals surface area (Å²) in [5.74, 6) is -0.698. The molecule has 1 atom stereocenters. The summed E-state index contributed by atoms with van der Waals surface area (Å²) in [5.41, 5.74) is 0. The van der Waals surface area contributed by atoms with Crippen LogP contribution >= 0.6 is 0 Å². The number of carbonyl (C=O) groups is 1. The van der Waals surface area contributed by atoms with E-state index in [1.165, 1.54) is 0 Å². The van der Waals surface area contributed by atoms with Gasteiger partial charge in [0.1, 0.15) is 0 Å². The zero-order valence-corrected chi connectivity index (χ0v) is 13.2. The van der Waals surface area contributed by atoms with Crippen LogP contribution in [-0.4, -0.2) is 22.3 Å². The zero-order valence-electron chi connectivity index (χ0n) is 13.2. The van der Waals surface area contributed by atoms with Crippen molar-refractivity contribution in [3.63, 3.8) is 0 Å². The van der Waals surface area contributed by atoms with Gasteiger partial charge in [0, 0.05) is 6.42 Å². The Morgan fingerprint density at radius 3 is 2.43 bits per heavy atom. The van der Waals surface area contributed by atoms with Crippen LogP contribution < -0.4 is 0 Å². The summed E-state index contributed by atoms with van der Waals surface area (Å²) in [7, 11) is 0. The van der Waals surface area contributed by atoms with Gasteiger partial charge in [-0.1, -0.05) is 62.6 Å². The molecule has 3 nitrogen and oxygen atoms in total. The molecule has 0 bridgehead atoms. The molecule has 120 valence electrons. The van der Waals surface area contributed by atoms with Crippen molar-refractivity contribution in [2.45, 2.75) is 70.8 Å². The monoisotopic (exact) mass is 294 g/mol. The second-order valence-corrected chi connectivity index (χ2v) is 5.20. The average Bonchev–Trinajstić information content (AvgIpc) is 2.45. The number of rotatable bonds is 13. The van der Waals surface area contributed by atoms with Gasteiger partial charge in [0.25, 0.3) is 0 Å². The lowest BCUT2D eigenvalue weighted by atomic mass is 10.1. The Kier molecular flexibility index (Phi) is 14.1. The van der Waals surface area contributed by atoms with Crippen molar-refractivity contribution < 1.29 is 15.0 Å². The molecule has 0 fully saturated rings. The van der Waals surface area contributed by atoms with Gasteiger partial charge in [-0.05, 0) is 32.1 Å². The van der Waals surface area contributed by atoms with Crippen LogP contribution in [0.1, 0.15) is 64.7 Å². The number of carboxylic acids is 1. The van der Waals surface area contributed by atoms with Crippen molar-refractivity contribution in [2.75, 3.05) is 0 Å². The molecule has 3 heteroatoms. The summed E-state index contributed by atoms with van der Waals surface area (Å²) in [6, 6.07) is 0. The fourth-order valence-corrected chi connectivity index (χ4v) is 1.91. The highest BCUT2D eigenvalue weighted by Crippen LogP contribution is 2.08. The highest BCUT2D eigenvalue weighted by molar-refractivity contribution is 5.66. The lowest BCUT2D eigenvalue weighted by Crippen LogP contribution is -1.98. The number of allylic oxidation sites excluding steroid dienone is 4. The molecule has 21 heavy (non-hydrogen) atoms. The van der Waals surface area contributed by atoms with Gasteiger partial charge in [0.15, 0.2) is 0 Å². The van der Waals surface area contributed by atoms with Crippen molar-refractivity contribution in [1.82, 2.24) is 0 Å². The molecule has 0 saturated heterocycles. The highest BCUT2D eigenvalue weighted by Gasteiger charge is 1.96. The van der Waals surface area contributed by atoms with Gasteiger partial charge < -0.3 is 10.2 Å². The van der Waals surface area contributed by atoms with Crippen molar-refractivity contribution in [2.24, 2.45) is 0 Å². The lowest BCUT2D eigenvalue weighted by Gasteiger charge is -2.00. The third kappa shape index (κ3) is 16.6. The van der Waals surface area contributed by atoms with Gasteiger partial charge in [0.05, 0.1) is 6.10 Å². The predicted octanol–water partition coefficient (Wildman–Crippen LogP) is 4.63. The number of aliphatic hydroxyl groups is 1. The summed E-state index contributed by atoms with van der Waals surface area (Å²) < 4.78 is 0. The first-order chi connectivity index (χ1) is 10.2. The number of aliphatic hydroxyl groups excluding tert-OH is 1. The molecule has 0 aliphatic carbocycles. The predicted molar refractivity (Wildman–Crippen MR) is 88.3 cm³/mol. The molecule has 0 aromatic carbocycles. The van der Waals surface area contributed by atoms with E-state index in [9.17, 15) is 9.90 Å². The molecule has 0 aliphatic rings. The molecule has 0 rings (SSSR count). The fourth-order valence-electron chi connectivity index (χ4n) is 1.91. The van der Waals surface area contributed by atoms with Gasteiger partial charge in [-0.15, -0.1) is 0 Å². The maximum Gasteiger partial charge on any atom is 0.303 e. The quantitative estimate of drug-likeness (QED) is 0.296. The molecule has 0 amide bonds. The van der Waals surface area contributed by atoms with Crippen molar-refractivity contribution in [1.29, 1.82) is 0 Å². The number of hydrogen-bond donors (Lipinski definition) is 2. The maximum atomic E-state index is 10.3. The van der Waals surface area contributed by atoms with E-state index in [-0.39, 0.29) is 0 Å². The van der Waals surface area contributed by atoms with E-state index >= 15 is 0 Å². The first-order valence-electron chi connectivity index (χ1n) is 8.05. The molecule has 0 saturated carbocycles. The van der Waals surface area contributed by atoms with Crippen LogP contribution in [-0.2, 0) is 4.79 Å². The third-order valence-electron chi connectivity index (χ3n) is 3.12. The second kappa shape index (κ2) is 15.0. The van der Waals surface area contributed by atoms with Crippen LogP contribution in [0.15, 0.2) is 36.5 Å². The molecule has 0 aromatic heterocycles. The highest BCUT2D eigenvalue weighted by atomic mass is 16.4. The molecule has 0 heterocycles. The minimum absolute atomic E-state index is 0.290. The van der Waals surface area contributed by atoms with E-state index in [0.717, 1.165) is 44.9 Å². The molecular weight excluding hydrogens is 264 g/mol. The van der Waals surface area contributed by atoms with E-state index in [0.29, 0.717) is 12.8 Å². The van der Waals surface area contributed by atoms with Crippen LogP contribution in [0.2, 0.25) is 0 Å². The number of aliphatic carboxylic acids is 1. The van der Waals surface area contributed by atoms with E-state index in [1.807, 2.05) is 18.2 Å². The summed E-state index contributed by atoms with van der Waals surface area (Å²) >= 11 is 0. The molecule has 0 radical (unpaired) electrons. The summed E-state index contributed by atoms with van der Waals surface area (Å²) in [4.78, 5) is 10.3. The Labute approximate surface area is 129 Å². The molecule has 0 aromatic rings. The summed E-state index contributed by atoms with van der Waals surface area (Å²) in [6.45, 7) is 2.08. The van der Waals surface area contributed by atoms with Gasteiger partial charge in [-0.3, -0.25) is 4.79 Å². The van der Waals surface area contributed by atoms with E-state index in [1.54, 1.807) is 6.08 Å².